The summed E-state index contributed by atoms with van der Waals surface area (Å²) >= 11 is 6.07. The number of amides is 2. The SMILES string of the molecule is CCN(CC)C(=O)N1CC(c2cccc(Cl)c2)OCC1(C)C. The van der Waals surface area contributed by atoms with Gasteiger partial charge in [-0.2, -0.15) is 0 Å². The van der Waals surface area contributed by atoms with Crippen molar-refractivity contribution in [3.05, 3.63) is 34.9 Å². The first kappa shape index (κ1) is 17.1. The summed E-state index contributed by atoms with van der Waals surface area (Å²) in [6.07, 6.45) is -0.133. The van der Waals surface area contributed by atoms with E-state index in [2.05, 4.69) is 0 Å². The van der Waals surface area contributed by atoms with Crippen LogP contribution in [-0.4, -0.2) is 47.6 Å². The fourth-order valence-corrected chi connectivity index (χ4v) is 2.96. The van der Waals surface area contributed by atoms with Crippen LogP contribution < -0.4 is 0 Å². The molecule has 2 rings (SSSR count). The molecule has 1 heterocycles. The van der Waals surface area contributed by atoms with E-state index in [9.17, 15) is 4.79 Å². The Kier molecular flexibility index (Phi) is 5.35. The second-order valence-corrected chi connectivity index (χ2v) is 6.67. The highest BCUT2D eigenvalue weighted by molar-refractivity contribution is 6.30. The first-order valence-electron chi connectivity index (χ1n) is 7.82. The summed E-state index contributed by atoms with van der Waals surface area (Å²) < 4.78 is 5.99. The Balaban J connectivity index is 2.22. The topological polar surface area (TPSA) is 32.8 Å². The van der Waals surface area contributed by atoms with Crippen molar-refractivity contribution in [1.82, 2.24) is 9.80 Å². The number of hydrogen-bond donors (Lipinski definition) is 0. The molecule has 1 aliphatic rings. The number of carbonyl (C=O) groups excluding carboxylic acids is 1. The number of ether oxygens (including phenoxy) is 1. The zero-order valence-corrected chi connectivity index (χ0v) is 14.6. The fraction of sp³-hybridized carbons (Fsp3) is 0.588. The number of carbonyl (C=O) groups is 1. The third-order valence-corrected chi connectivity index (χ3v) is 4.44. The molecule has 22 heavy (non-hydrogen) atoms. The summed E-state index contributed by atoms with van der Waals surface area (Å²) in [6.45, 7) is 10.6. The van der Waals surface area contributed by atoms with Crippen LogP contribution >= 0.6 is 11.6 Å². The second kappa shape index (κ2) is 6.88. The quantitative estimate of drug-likeness (QED) is 0.843. The largest absolute Gasteiger partial charge is 0.369 e. The van der Waals surface area contributed by atoms with Crippen LogP contribution in [0.25, 0.3) is 0 Å². The first-order valence-corrected chi connectivity index (χ1v) is 8.20. The minimum atomic E-state index is -0.311. The van der Waals surface area contributed by atoms with Crippen molar-refractivity contribution < 1.29 is 9.53 Å². The van der Waals surface area contributed by atoms with Gasteiger partial charge < -0.3 is 14.5 Å². The molecule has 0 N–H and O–H groups in total. The molecule has 1 unspecified atom stereocenters. The number of rotatable bonds is 3. The molecule has 0 aliphatic carbocycles. The van der Waals surface area contributed by atoms with E-state index in [-0.39, 0.29) is 17.7 Å². The molecule has 1 fully saturated rings. The Morgan fingerprint density at radius 1 is 1.41 bits per heavy atom. The third kappa shape index (κ3) is 3.55. The lowest BCUT2D eigenvalue weighted by atomic mass is 9.98. The predicted octanol–water partition coefficient (Wildman–Crippen LogP) is 3.95. The Hall–Kier alpha value is -1.26. The smallest absolute Gasteiger partial charge is 0.320 e. The summed E-state index contributed by atoms with van der Waals surface area (Å²) in [6, 6.07) is 7.73. The number of urea groups is 1. The zero-order valence-electron chi connectivity index (χ0n) is 13.8. The number of hydrogen-bond acceptors (Lipinski definition) is 2. The van der Waals surface area contributed by atoms with Crippen LogP contribution in [0.3, 0.4) is 0 Å². The predicted molar refractivity (Wildman–Crippen MR) is 89.2 cm³/mol. The highest BCUT2D eigenvalue weighted by Crippen LogP contribution is 2.32. The number of benzene rings is 1. The van der Waals surface area contributed by atoms with Crippen molar-refractivity contribution in [2.75, 3.05) is 26.2 Å². The van der Waals surface area contributed by atoms with Gasteiger partial charge in [0.15, 0.2) is 0 Å². The van der Waals surface area contributed by atoms with Crippen LogP contribution in [0.2, 0.25) is 5.02 Å². The molecule has 1 saturated heterocycles. The van der Waals surface area contributed by atoms with E-state index >= 15 is 0 Å². The fourth-order valence-electron chi connectivity index (χ4n) is 2.76. The molecule has 0 aromatic heterocycles. The van der Waals surface area contributed by atoms with Gasteiger partial charge in [0.25, 0.3) is 0 Å². The Bertz CT molecular complexity index is 529. The van der Waals surface area contributed by atoms with E-state index in [4.69, 9.17) is 16.3 Å². The molecule has 1 aromatic carbocycles. The van der Waals surface area contributed by atoms with Crippen molar-refractivity contribution in [1.29, 1.82) is 0 Å². The Morgan fingerprint density at radius 3 is 2.68 bits per heavy atom. The van der Waals surface area contributed by atoms with E-state index in [0.717, 1.165) is 5.56 Å². The van der Waals surface area contributed by atoms with Crippen LogP contribution in [0.15, 0.2) is 24.3 Å². The molecule has 1 aliphatic heterocycles. The van der Waals surface area contributed by atoms with Crippen molar-refractivity contribution in [2.24, 2.45) is 0 Å². The van der Waals surface area contributed by atoms with Crippen LogP contribution in [0, 0.1) is 0 Å². The van der Waals surface area contributed by atoms with Crippen molar-refractivity contribution in [3.63, 3.8) is 0 Å². The van der Waals surface area contributed by atoms with Gasteiger partial charge in [-0.05, 0) is 45.4 Å². The molecule has 0 radical (unpaired) electrons. The van der Waals surface area contributed by atoms with E-state index in [1.165, 1.54) is 0 Å². The lowest BCUT2D eigenvalue weighted by Crippen LogP contribution is -2.59. The molecule has 5 heteroatoms. The summed E-state index contributed by atoms with van der Waals surface area (Å²) in [5.41, 5.74) is 0.703. The average Bonchev–Trinajstić information content (AvgIpc) is 2.48. The van der Waals surface area contributed by atoms with Gasteiger partial charge in [-0.15, -0.1) is 0 Å². The van der Waals surface area contributed by atoms with Crippen LogP contribution in [0.1, 0.15) is 39.4 Å². The van der Waals surface area contributed by atoms with E-state index < -0.39 is 0 Å². The average molecular weight is 325 g/mol. The molecule has 0 saturated carbocycles. The Morgan fingerprint density at radius 2 is 2.09 bits per heavy atom. The maximum atomic E-state index is 12.8. The summed E-state index contributed by atoms with van der Waals surface area (Å²) in [7, 11) is 0. The van der Waals surface area contributed by atoms with Gasteiger partial charge in [0.2, 0.25) is 0 Å². The summed E-state index contributed by atoms with van der Waals surface area (Å²) in [5, 5.41) is 0.688. The molecule has 4 nitrogen and oxygen atoms in total. The maximum Gasteiger partial charge on any atom is 0.320 e. The van der Waals surface area contributed by atoms with E-state index in [1.807, 2.05) is 61.8 Å². The van der Waals surface area contributed by atoms with Crippen LogP contribution in [-0.2, 0) is 4.74 Å². The molecule has 0 spiro atoms. The molecule has 0 bridgehead atoms. The third-order valence-electron chi connectivity index (χ3n) is 4.20. The van der Waals surface area contributed by atoms with Gasteiger partial charge in [0.1, 0.15) is 6.10 Å². The lowest BCUT2D eigenvalue weighted by Gasteiger charge is -2.47. The molecular formula is C17H25ClN2O2. The molecule has 2 amide bonds. The van der Waals surface area contributed by atoms with Gasteiger partial charge in [-0.3, -0.25) is 0 Å². The maximum absolute atomic E-state index is 12.8. The highest BCUT2D eigenvalue weighted by atomic mass is 35.5. The lowest BCUT2D eigenvalue weighted by molar-refractivity contribution is -0.0848. The van der Waals surface area contributed by atoms with Crippen molar-refractivity contribution >= 4 is 17.6 Å². The minimum Gasteiger partial charge on any atom is -0.369 e. The van der Waals surface area contributed by atoms with E-state index in [1.54, 1.807) is 0 Å². The van der Waals surface area contributed by atoms with Gasteiger partial charge in [-0.1, -0.05) is 23.7 Å². The monoisotopic (exact) mass is 324 g/mol. The summed E-state index contributed by atoms with van der Waals surface area (Å²) in [4.78, 5) is 16.6. The molecule has 1 aromatic rings. The van der Waals surface area contributed by atoms with Gasteiger partial charge in [-0.25, -0.2) is 4.79 Å². The molecule has 1 atom stereocenters. The normalized spacial score (nSPS) is 20.8. The van der Waals surface area contributed by atoms with E-state index in [0.29, 0.717) is 31.3 Å². The minimum absolute atomic E-state index is 0.0744. The number of nitrogens with zero attached hydrogens (tertiary/aromatic N) is 2. The first-order chi connectivity index (χ1) is 10.4. The van der Waals surface area contributed by atoms with Crippen LogP contribution in [0.4, 0.5) is 4.79 Å². The van der Waals surface area contributed by atoms with Gasteiger partial charge >= 0.3 is 6.03 Å². The zero-order chi connectivity index (χ0) is 16.3. The standard InChI is InChI=1S/C17H25ClN2O2/c1-5-19(6-2)16(21)20-11-15(22-12-17(20,3)4)13-8-7-9-14(18)10-13/h7-10,15H,5-6,11-12H2,1-4H3. The number of morpholine rings is 1. The van der Waals surface area contributed by atoms with Crippen molar-refractivity contribution in [3.8, 4) is 0 Å². The molecule has 122 valence electrons. The van der Waals surface area contributed by atoms with Crippen molar-refractivity contribution in [2.45, 2.75) is 39.3 Å². The summed E-state index contributed by atoms with van der Waals surface area (Å²) in [5.74, 6) is 0. The number of halogens is 1. The van der Waals surface area contributed by atoms with Gasteiger partial charge in [0.05, 0.1) is 18.7 Å². The Labute approximate surface area is 138 Å². The highest BCUT2D eigenvalue weighted by Gasteiger charge is 2.39. The van der Waals surface area contributed by atoms with Gasteiger partial charge in [0, 0.05) is 18.1 Å². The molecular weight excluding hydrogens is 300 g/mol. The van der Waals surface area contributed by atoms with Crippen LogP contribution in [0.5, 0.6) is 0 Å². The second-order valence-electron chi connectivity index (χ2n) is 6.23.